The summed E-state index contributed by atoms with van der Waals surface area (Å²) < 4.78 is 0. The third-order valence-electron chi connectivity index (χ3n) is 3.36. The van der Waals surface area contributed by atoms with E-state index in [0.29, 0.717) is 12.1 Å². The summed E-state index contributed by atoms with van der Waals surface area (Å²) in [6, 6.07) is 12.3. The van der Waals surface area contributed by atoms with Gasteiger partial charge in [-0.25, -0.2) is 0 Å². The number of aliphatic hydroxyl groups excluding tert-OH is 1. The van der Waals surface area contributed by atoms with Crippen molar-refractivity contribution in [2.24, 2.45) is 5.10 Å². The third kappa shape index (κ3) is 4.84. The molecule has 0 fully saturated rings. The van der Waals surface area contributed by atoms with Crippen LogP contribution in [-0.4, -0.2) is 35.1 Å². The monoisotopic (exact) mass is 327 g/mol. The number of likely N-dealkylation sites (N-methyl/N-ethyl adjacent to an activating group) is 1. The SMILES string of the molecule is C1=Cc2ccccc2NN=C1.CNC[C@H](O)c1ccc(O)c(O)c1. The zero-order valence-electron chi connectivity index (χ0n) is 13.3. The zero-order chi connectivity index (χ0) is 17.4. The van der Waals surface area contributed by atoms with Gasteiger partial charge in [0.25, 0.3) is 0 Å². The van der Waals surface area contributed by atoms with Crippen LogP contribution in [0.2, 0.25) is 0 Å². The number of allylic oxidation sites excluding steroid dienone is 1. The normalized spacial score (nSPS) is 13.1. The van der Waals surface area contributed by atoms with Gasteiger partial charge in [0.1, 0.15) is 0 Å². The summed E-state index contributed by atoms with van der Waals surface area (Å²) in [5, 5.41) is 34.4. The van der Waals surface area contributed by atoms with Gasteiger partial charge in [0.15, 0.2) is 11.5 Å². The Morgan fingerprint density at radius 3 is 2.67 bits per heavy atom. The fourth-order valence-electron chi connectivity index (χ4n) is 2.10. The minimum Gasteiger partial charge on any atom is -0.504 e. The number of hydrogen-bond acceptors (Lipinski definition) is 6. The Morgan fingerprint density at radius 1 is 1.12 bits per heavy atom. The molecule has 1 aliphatic heterocycles. The summed E-state index contributed by atoms with van der Waals surface area (Å²) in [6.07, 6.45) is 5.01. The highest BCUT2D eigenvalue weighted by Crippen LogP contribution is 2.27. The highest BCUT2D eigenvalue weighted by molar-refractivity contribution is 5.83. The smallest absolute Gasteiger partial charge is 0.157 e. The summed E-state index contributed by atoms with van der Waals surface area (Å²) in [5.74, 6) is -0.395. The lowest BCUT2D eigenvalue weighted by Crippen LogP contribution is -2.16. The topological polar surface area (TPSA) is 97.1 Å². The van der Waals surface area contributed by atoms with Gasteiger partial charge in [-0.1, -0.05) is 30.3 Å². The number of aliphatic hydroxyl groups is 1. The molecule has 2 aromatic carbocycles. The number of fused-ring (bicyclic) bond motifs is 1. The fraction of sp³-hybridized carbons (Fsp3) is 0.167. The lowest BCUT2D eigenvalue weighted by atomic mass is 10.1. The molecule has 6 heteroatoms. The van der Waals surface area contributed by atoms with Crippen LogP contribution < -0.4 is 10.7 Å². The Morgan fingerprint density at radius 2 is 1.92 bits per heavy atom. The number of benzene rings is 2. The summed E-state index contributed by atoms with van der Waals surface area (Å²) in [5.41, 5.74) is 5.73. The van der Waals surface area contributed by atoms with E-state index in [1.807, 2.05) is 36.4 Å². The van der Waals surface area contributed by atoms with E-state index in [1.165, 1.54) is 17.7 Å². The molecule has 126 valence electrons. The molecular formula is C18H21N3O3. The molecule has 1 heterocycles. The molecule has 6 nitrogen and oxygen atoms in total. The van der Waals surface area contributed by atoms with E-state index in [4.69, 9.17) is 10.2 Å². The second-order valence-corrected chi connectivity index (χ2v) is 5.16. The van der Waals surface area contributed by atoms with Crippen LogP contribution in [0.1, 0.15) is 17.2 Å². The molecule has 0 amide bonds. The van der Waals surface area contributed by atoms with Gasteiger partial charge >= 0.3 is 0 Å². The lowest BCUT2D eigenvalue weighted by molar-refractivity contribution is 0.177. The summed E-state index contributed by atoms with van der Waals surface area (Å²) in [4.78, 5) is 0. The number of para-hydroxylation sites is 1. The van der Waals surface area contributed by atoms with E-state index in [9.17, 15) is 5.11 Å². The Hall–Kier alpha value is -2.83. The molecule has 0 saturated heterocycles. The van der Waals surface area contributed by atoms with Gasteiger partial charge in [-0.3, -0.25) is 5.43 Å². The molecule has 0 aliphatic carbocycles. The molecule has 0 bridgehead atoms. The van der Waals surface area contributed by atoms with E-state index in [0.717, 1.165) is 5.69 Å². The van der Waals surface area contributed by atoms with Crippen molar-refractivity contribution < 1.29 is 15.3 Å². The van der Waals surface area contributed by atoms with Crippen molar-refractivity contribution in [2.45, 2.75) is 6.10 Å². The van der Waals surface area contributed by atoms with Crippen LogP contribution in [0.15, 0.2) is 53.6 Å². The zero-order valence-corrected chi connectivity index (χ0v) is 13.3. The van der Waals surface area contributed by atoms with Crippen molar-refractivity contribution >= 4 is 18.0 Å². The van der Waals surface area contributed by atoms with E-state index in [-0.39, 0.29) is 11.5 Å². The van der Waals surface area contributed by atoms with Gasteiger partial charge in [-0.05, 0) is 42.4 Å². The van der Waals surface area contributed by atoms with Crippen LogP contribution in [0, 0.1) is 0 Å². The maximum atomic E-state index is 9.48. The first kappa shape index (κ1) is 17.5. The van der Waals surface area contributed by atoms with Gasteiger partial charge in [0, 0.05) is 12.8 Å². The number of nitrogens with zero attached hydrogens (tertiary/aromatic N) is 1. The Bertz CT molecular complexity index is 729. The minimum atomic E-state index is -0.670. The third-order valence-corrected chi connectivity index (χ3v) is 3.36. The molecule has 0 radical (unpaired) electrons. The van der Waals surface area contributed by atoms with E-state index < -0.39 is 6.10 Å². The number of phenolic OH excluding ortho intramolecular Hbond substituents is 2. The van der Waals surface area contributed by atoms with Gasteiger partial charge in [-0.2, -0.15) is 5.10 Å². The second-order valence-electron chi connectivity index (χ2n) is 5.16. The van der Waals surface area contributed by atoms with Gasteiger partial charge in [0.2, 0.25) is 0 Å². The van der Waals surface area contributed by atoms with E-state index in [2.05, 4.69) is 15.8 Å². The molecule has 1 atom stereocenters. The molecule has 5 N–H and O–H groups in total. The summed E-state index contributed by atoms with van der Waals surface area (Å²) in [7, 11) is 1.73. The predicted molar refractivity (Wildman–Crippen MR) is 96.2 cm³/mol. The first-order chi connectivity index (χ1) is 11.6. The van der Waals surface area contributed by atoms with Crippen molar-refractivity contribution in [3.8, 4) is 11.5 Å². The first-order valence-corrected chi connectivity index (χ1v) is 7.51. The van der Waals surface area contributed by atoms with Crippen LogP contribution in [0.25, 0.3) is 6.08 Å². The highest BCUT2D eigenvalue weighted by Gasteiger charge is 2.08. The Balaban J connectivity index is 0.000000175. The molecule has 0 aromatic heterocycles. The van der Waals surface area contributed by atoms with Crippen molar-refractivity contribution in [1.29, 1.82) is 0 Å². The Kier molecular flexibility index (Phi) is 6.36. The maximum Gasteiger partial charge on any atom is 0.157 e. The van der Waals surface area contributed by atoms with E-state index in [1.54, 1.807) is 19.3 Å². The second kappa shape index (κ2) is 8.71. The Labute approximate surface area is 140 Å². The highest BCUT2D eigenvalue weighted by atomic mass is 16.3. The number of hydrogen-bond donors (Lipinski definition) is 5. The maximum absolute atomic E-state index is 9.48. The van der Waals surface area contributed by atoms with Crippen molar-refractivity contribution in [3.63, 3.8) is 0 Å². The average Bonchev–Trinajstić information content (AvgIpc) is 2.83. The van der Waals surface area contributed by atoms with Crippen molar-refractivity contribution in [3.05, 3.63) is 59.7 Å². The molecule has 0 unspecified atom stereocenters. The largest absolute Gasteiger partial charge is 0.504 e. The van der Waals surface area contributed by atoms with Gasteiger partial charge in [0.05, 0.1) is 11.8 Å². The van der Waals surface area contributed by atoms with Crippen LogP contribution in [0.4, 0.5) is 5.69 Å². The van der Waals surface area contributed by atoms with Crippen LogP contribution in [0.3, 0.4) is 0 Å². The standard InChI is InChI=1S/C9H8N2.C9H13NO3/c1-2-6-9-8(4-1)5-3-7-10-11-9;1-10-5-9(13)6-2-3-7(11)8(12)4-6/h1-7,11H;2-4,9-13H,5H2,1H3/t;9-/m.0/s1. The molecule has 24 heavy (non-hydrogen) atoms. The molecule has 0 saturated carbocycles. The number of hydrazone groups is 1. The molecule has 2 aromatic rings. The number of anilines is 1. The molecule has 1 aliphatic rings. The van der Waals surface area contributed by atoms with Crippen LogP contribution in [-0.2, 0) is 0 Å². The lowest BCUT2D eigenvalue weighted by Gasteiger charge is -2.10. The van der Waals surface area contributed by atoms with Crippen molar-refractivity contribution in [1.82, 2.24) is 5.32 Å². The quantitative estimate of drug-likeness (QED) is 0.558. The van der Waals surface area contributed by atoms with Gasteiger partial charge < -0.3 is 20.6 Å². The summed E-state index contributed by atoms with van der Waals surface area (Å²) in [6.45, 7) is 0.407. The number of phenols is 2. The number of nitrogens with one attached hydrogen (secondary N) is 2. The average molecular weight is 327 g/mol. The van der Waals surface area contributed by atoms with Gasteiger partial charge in [-0.15, -0.1) is 0 Å². The van der Waals surface area contributed by atoms with Crippen molar-refractivity contribution in [2.75, 3.05) is 19.0 Å². The predicted octanol–water partition coefficient (Wildman–Crippen LogP) is 2.46. The van der Waals surface area contributed by atoms with Crippen LogP contribution in [0.5, 0.6) is 11.5 Å². The van der Waals surface area contributed by atoms with E-state index >= 15 is 0 Å². The minimum absolute atomic E-state index is 0.180. The molecular weight excluding hydrogens is 306 g/mol. The number of aromatic hydroxyl groups is 2. The first-order valence-electron chi connectivity index (χ1n) is 7.51. The molecule has 0 spiro atoms. The summed E-state index contributed by atoms with van der Waals surface area (Å²) >= 11 is 0. The number of rotatable bonds is 3. The fourth-order valence-corrected chi connectivity index (χ4v) is 2.10. The van der Waals surface area contributed by atoms with Crippen LogP contribution >= 0.6 is 0 Å². The molecule has 3 rings (SSSR count).